The normalized spacial score (nSPS) is 12.2. The SMILES string of the molecule is Cc1ccc(C(CN)Oc2cncc(Cl)c2)cc1. The smallest absolute Gasteiger partial charge is 0.140 e. The summed E-state index contributed by atoms with van der Waals surface area (Å²) in [4.78, 5) is 3.98. The van der Waals surface area contributed by atoms with Gasteiger partial charge >= 0.3 is 0 Å². The van der Waals surface area contributed by atoms with Crippen molar-refractivity contribution in [2.24, 2.45) is 5.73 Å². The largest absolute Gasteiger partial charge is 0.483 e. The molecule has 0 aliphatic carbocycles. The minimum atomic E-state index is -0.189. The first kappa shape index (κ1) is 12.9. The highest BCUT2D eigenvalue weighted by molar-refractivity contribution is 6.30. The second-order valence-electron chi connectivity index (χ2n) is 4.09. The van der Waals surface area contributed by atoms with E-state index in [4.69, 9.17) is 22.1 Å². The van der Waals surface area contributed by atoms with Gasteiger partial charge in [-0.05, 0) is 12.5 Å². The molecule has 1 aromatic carbocycles. The van der Waals surface area contributed by atoms with Crippen molar-refractivity contribution in [1.29, 1.82) is 0 Å². The van der Waals surface area contributed by atoms with Crippen LogP contribution in [-0.2, 0) is 0 Å². The van der Waals surface area contributed by atoms with E-state index in [0.29, 0.717) is 17.3 Å². The number of benzene rings is 1. The molecule has 3 nitrogen and oxygen atoms in total. The van der Waals surface area contributed by atoms with Gasteiger partial charge in [-0.15, -0.1) is 0 Å². The Morgan fingerprint density at radius 1 is 1.28 bits per heavy atom. The highest BCUT2D eigenvalue weighted by Crippen LogP contribution is 2.23. The summed E-state index contributed by atoms with van der Waals surface area (Å²) in [7, 11) is 0. The number of nitrogens with zero attached hydrogens (tertiary/aromatic N) is 1. The zero-order valence-corrected chi connectivity index (χ0v) is 10.9. The third-order valence-electron chi connectivity index (χ3n) is 2.62. The Bertz CT molecular complexity index is 513. The van der Waals surface area contributed by atoms with Crippen LogP contribution in [0, 0.1) is 6.92 Å². The number of aromatic nitrogens is 1. The lowest BCUT2D eigenvalue weighted by Gasteiger charge is -2.17. The molecule has 2 aromatic rings. The van der Waals surface area contributed by atoms with Crippen LogP contribution < -0.4 is 10.5 Å². The molecular weight excluding hydrogens is 248 g/mol. The Kier molecular flexibility index (Phi) is 4.18. The third kappa shape index (κ3) is 3.22. The van der Waals surface area contributed by atoms with Gasteiger partial charge in [0.25, 0.3) is 0 Å². The molecule has 1 heterocycles. The van der Waals surface area contributed by atoms with E-state index in [1.807, 2.05) is 31.2 Å². The molecule has 4 heteroatoms. The number of halogens is 1. The van der Waals surface area contributed by atoms with E-state index in [1.165, 1.54) is 5.56 Å². The summed E-state index contributed by atoms with van der Waals surface area (Å²) in [5, 5.41) is 0.548. The van der Waals surface area contributed by atoms with Gasteiger partial charge in [0, 0.05) is 18.8 Å². The van der Waals surface area contributed by atoms with Crippen molar-refractivity contribution in [1.82, 2.24) is 4.98 Å². The highest BCUT2D eigenvalue weighted by Gasteiger charge is 2.11. The van der Waals surface area contributed by atoms with Gasteiger partial charge in [0.2, 0.25) is 0 Å². The Morgan fingerprint density at radius 3 is 2.61 bits per heavy atom. The lowest BCUT2D eigenvalue weighted by molar-refractivity contribution is 0.213. The topological polar surface area (TPSA) is 48.1 Å². The van der Waals surface area contributed by atoms with Crippen molar-refractivity contribution < 1.29 is 4.74 Å². The highest BCUT2D eigenvalue weighted by atomic mass is 35.5. The molecule has 1 atom stereocenters. The van der Waals surface area contributed by atoms with Crippen LogP contribution in [0.1, 0.15) is 17.2 Å². The lowest BCUT2D eigenvalue weighted by atomic mass is 10.1. The van der Waals surface area contributed by atoms with Crippen LogP contribution in [0.5, 0.6) is 5.75 Å². The van der Waals surface area contributed by atoms with Crippen LogP contribution in [0.25, 0.3) is 0 Å². The Labute approximate surface area is 112 Å². The summed E-state index contributed by atoms with van der Waals surface area (Å²) >= 11 is 5.86. The summed E-state index contributed by atoms with van der Waals surface area (Å²) in [6.45, 7) is 2.44. The molecule has 1 unspecified atom stereocenters. The maximum atomic E-state index is 5.86. The summed E-state index contributed by atoms with van der Waals surface area (Å²) in [5.74, 6) is 0.624. The predicted molar refractivity (Wildman–Crippen MR) is 72.8 cm³/mol. The van der Waals surface area contributed by atoms with E-state index in [9.17, 15) is 0 Å². The number of rotatable bonds is 4. The van der Waals surface area contributed by atoms with Crippen molar-refractivity contribution in [2.75, 3.05) is 6.54 Å². The van der Waals surface area contributed by atoms with Gasteiger partial charge in [-0.25, -0.2) is 0 Å². The second kappa shape index (κ2) is 5.85. The molecule has 0 radical (unpaired) electrons. The average molecular weight is 263 g/mol. The van der Waals surface area contributed by atoms with Crippen LogP contribution in [0.2, 0.25) is 5.02 Å². The summed E-state index contributed by atoms with van der Waals surface area (Å²) in [5.41, 5.74) is 8.00. The standard InChI is InChI=1S/C14H15ClN2O/c1-10-2-4-11(5-3-10)14(7-16)18-13-6-12(15)8-17-9-13/h2-6,8-9,14H,7,16H2,1H3. The van der Waals surface area contributed by atoms with Crippen LogP contribution in [0.15, 0.2) is 42.7 Å². The van der Waals surface area contributed by atoms with Gasteiger partial charge in [-0.2, -0.15) is 0 Å². The molecule has 0 amide bonds. The predicted octanol–water partition coefficient (Wildman–Crippen LogP) is 3.12. The van der Waals surface area contributed by atoms with Gasteiger partial charge in [0.15, 0.2) is 0 Å². The first-order chi connectivity index (χ1) is 8.69. The zero-order valence-electron chi connectivity index (χ0n) is 10.1. The van der Waals surface area contributed by atoms with Crippen molar-refractivity contribution in [3.8, 4) is 5.75 Å². The molecule has 0 spiro atoms. The van der Waals surface area contributed by atoms with Gasteiger partial charge < -0.3 is 10.5 Å². The molecule has 2 rings (SSSR count). The van der Waals surface area contributed by atoms with Crippen molar-refractivity contribution in [2.45, 2.75) is 13.0 Å². The molecule has 0 aliphatic rings. The van der Waals surface area contributed by atoms with E-state index >= 15 is 0 Å². The molecule has 0 saturated carbocycles. The number of pyridine rings is 1. The molecule has 2 N–H and O–H groups in total. The summed E-state index contributed by atoms with van der Waals surface area (Å²) in [6, 6.07) is 9.84. The van der Waals surface area contributed by atoms with E-state index < -0.39 is 0 Å². The number of hydrogen-bond donors (Lipinski definition) is 1. The Balaban J connectivity index is 2.17. The molecule has 0 saturated heterocycles. The number of ether oxygens (including phenoxy) is 1. The number of nitrogens with two attached hydrogens (primary N) is 1. The molecule has 18 heavy (non-hydrogen) atoms. The van der Waals surface area contributed by atoms with Crippen molar-refractivity contribution in [3.63, 3.8) is 0 Å². The van der Waals surface area contributed by atoms with E-state index in [0.717, 1.165) is 5.56 Å². The van der Waals surface area contributed by atoms with Gasteiger partial charge in [-0.3, -0.25) is 4.98 Å². The van der Waals surface area contributed by atoms with Gasteiger partial charge in [0.1, 0.15) is 11.9 Å². The van der Waals surface area contributed by atoms with Gasteiger partial charge in [0.05, 0.1) is 11.2 Å². The Morgan fingerprint density at radius 2 is 2.00 bits per heavy atom. The quantitative estimate of drug-likeness (QED) is 0.921. The fraction of sp³-hybridized carbons (Fsp3) is 0.214. The molecular formula is C14H15ClN2O. The Hall–Kier alpha value is -1.58. The second-order valence-corrected chi connectivity index (χ2v) is 4.53. The lowest BCUT2D eigenvalue weighted by Crippen LogP contribution is -2.18. The fourth-order valence-electron chi connectivity index (χ4n) is 1.65. The minimum absolute atomic E-state index is 0.189. The van der Waals surface area contributed by atoms with E-state index in [2.05, 4.69) is 4.98 Å². The first-order valence-electron chi connectivity index (χ1n) is 5.73. The van der Waals surface area contributed by atoms with E-state index in [1.54, 1.807) is 18.5 Å². The van der Waals surface area contributed by atoms with E-state index in [-0.39, 0.29) is 6.10 Å². The molecule has 0 fully saturated rings. The molecule has 94 valence electrons. The maximum Gasteiger partial charge on any atom is 0.140 e. The summed E-state index contributed by atoms with van der Waals surface area (Å²) < 4.78 is 5.80. The fourth-order valence-corrected chi connectivity index (χ4v) is 1.82. The molecule has 0 aliphatic heterocycles. The van der Waals surface area contributed by atoms with Crippen LogP contribution in [0.4, 0.5) is 0 Å². The van der Waals surface area contributed by atoms with Crippen molar-refractivity contribution in [3.05, 3.63) is 58.9 Å². The first-order valence-corrected chi connectivity index (χ1v) is 6.10. The maximum absolute atomic E-state index is 5.86. The third-order valence-corrected chi connectivity index (χ3v) is 2.83. The molecule has 0 bridgehead atoms. The van der Waals surface area contributed by atoms with Crippen LogP contribution in [-0.4, -0.2) is 11.5 Å². The molecule has 1 aromatic heterocycles. The van der Waals surface area contributed by atoms with Crippen molar-refractivity contribution >= 4 is 11.6 Å². The number of hydrogen-bond acceptors (Lipinski definition) is 3. The zero-order chi connectivity index (χ0) is 13.0. The number of aryl methyl sites for hydroxylation is 1. The minimum Gasteiger partial charge on any atom is -0.483 e. The monoisotopic (exact) mass is 262 g/mol. The average Bonchev–Trinajstić information content (AvgIpc) is 2.37. The van der Waals surface area contributed by atoms with Crippen LogP contribution in [0.3, 0.4) is 0 Å². The summed E-state index contributed by atoms with van der Waals surface area (Å²) in [6.07, 6.45) is 3.01. The van der Waals surface area contributed by atoms with Gasteiger partial charge in [-0.1, -0.05) is 41.4 Å². The van der Waals surface area contributed by atoms with Crippen LogP contribution >= 0.6 is 11.6 Å².